The molecule has 0 saturated heterocycles. The van der Waals surface area contributed by atoms with Crippen LogP contribution in [0.4, 0.5) is 0 Å². The van der Waals surface area contributed by atoms with Crippen LogP contribution in [0.2, 0.25) is 0 Å². The predicted octanol–water partition coefficient (Wildman–Crippen LogP) is 2.12. The van der Waals surface area contributed by atoms with Gasteiger partial charge < -0.3 is 4.90 Å². The van der Waals surface area contributed by atoms with Gasteiger partial charge in [-0.3, -0.25) is 0 Å². The summed E-state index contributed by atoms with van der Waals surface area (Å²) in [5, 5.41) is 0. The van der Waals surface area contributed by atoms with Crippen LogP contribution in [-0.4, -0.2) is 48.4 Å². The van der Waals surface area contributed by atoms with E-state index in [1.807, 2.05) is 0 Å². The van der Waals surface area contributed by atoms with Crippen molar-refractivity contribution in [3.63, 3.8) is 0 Å². The number of nitrogens with zero attached hydrogens (tertiary/aromatic N) is 1. The van der Waals surface area contributed by atoms with Gasteiger partial charge >= 0.3 is 23.9 Å². The van der Waals surface area contributed by atoms with Gasteiger partial charge in [0.05, 0.1) is 0 Å². The minimum atomic E-state index is 0. The molecule has 2 radical (unpaired) electrons. The first-order chi connectivity index (χ1) is 3.35. The number of hydrogen-bond donors (Lipinski definition) is 0. The van der Waals surface area contributed by atoms with Crippen molar-refractivity contribution in [2.75, 3.05) is 19.6 Å². The maximum absolute atomic E-state index is 2.38. The zero-order valence-corrected chi connectivity index (χ0v) is 17.3. The summed E-state index contributed by atoms with van der Waals surface area (Å²) in [4.78, 5) is 2.38. The van der Waals surface area contributed by atoms with Crippen LogP contribution in [0.15, 0.2) is 0 Å². The van der Waals surface area contributed by atoms with Crippen molar-refractivity contribution < 1.29 is 21.7 Å². The molecule has 0 amide bonds. The van der Waals surface area contributed by atoms with Crippen LogP contribution in [0.25, 0.3) is 0 Å². The Labute approximate surface area is 139 Å². The smallest absolute Gasteiger partial charge is 0 e. The first-order valence-corrected chi connectivity index (χ1v) is 3.07. The van der Waals surface area contributed by atoms with Crippen molar-refractivity contribution in [1.29, 1.82) is 0 Å². The van der Waals surface area contributed by atoms with Crippen LogP contribution in [-0.2, 0) is 21.7 Å². The summed E-state index contributed by atoms with van der Waals surface area (Å²) in [6, 6.07) is 0. The van der Waals surface area contributed by atoms with E-state index in [0.29, 0.717) is 0 Å². The molecule has 0 aliphatic heterocycles. The van der Waals surface area contributed by atoms with Gasteiger partial charge in [-0.2, -0.15) is 0 Å². The molecule has 86 valence electrons. The summed E-state index contributed by atoms with van der Waals surface area (Å²) < 4.78 is 0. The third-order valence-corrected chi connectivity index (χ3v) is 1.34. The second-order valence-corrected chi connectivity index (χ2v) is 1.62. The Morgan fingerprint density at radius 1 is 0.692 bits per heavy atom. The summed E-state index contributed by atoms with van der Waals surface area (Å²) >= 11 is 0. The molecule has 7 heteroatoms. The summed E-state index contributed by atoms with van der Waals surface area (Å²) in [6.07, 6.45) is 0. The first-order valence-electron chi connectivity index (χ1n) is 3.07. The van der Waals surface area contributed by atoms with E-state index in [1.165, 1.54) is 19.6 Å². The molecule has 13 heavy (non-hydrogen) atoms. The Hall–Kier alpha value is 2.63. The average Bonchev–Trinajstić information content (AvgIpc) is 1.72. The van der Waals surface area contributed by atoms with E-state index in [0.717, 1.165) is 0 Å². The molecule has 0 bridgehead atoms. The van der Waals surface area contributed by atoms with E-state index in [-0.39, 0.29) is 95.3 Å². The van der Waals surface area contributed by atoms with E-state index >= 15 is 0 Å². The largest absolute Gasteiger partial charge is 0 e. The van der Waals surface area contributed by atoms with Crippen molar-refractivity contribution in [1.82, 2.24) is 4.90 Å². The van der Waals surface area contributed by atoms with Crippen LogP contribution in [0.5, 0.6) is 0 Å². The molecule has 0 atom stereocenters. The van der Waals surface area contributed by atoms with Gasteiger partial charge in [-0.05, 0) is 19.6 Å². The van der Waals surface area contributed by atoms with Gasteiger partial charge in [0.1, 0.15) is 0 Å². The minimum Gasteiger partial charge on any atom is 0 e. The van der Waals surface area contributed by atoms with Crippen molar-refractivity contribution in [3.05, 3.63) is 0 Å². The molecule has 0 heterocycles. The van der Waals surface area contributed by atoms with E-state index < -0.39 is 0 Å². The van der Waals surface area contributed by atoms with E-state index in [2.05, 4.69) is 25.7 Å². The van der Waals surface area contributed by atoms with Crippen LogP contribution in [0.3, 0.4) is 0 Å². The second kappa shape index (κ2) is 36.5. The third kappa shape index (κ3) is 31.3. The number of rotatable bonds is 3. The quantitative estimate of drug-likeness (QED) is 0.639. The molecule has 0 aliphatic rings. The molecule has 0 fully saturated rings. The summed E-state index contributed by atoms with van der Waals surface area (Å²) in [7, 11) is 0. The zero-order valence-electron chi connectivity index (χ0n) is 8.41. The standard InChI is InChI=1S/C6H15N.4ClH.Sn.Ti.2H/c1-4-7(5-2)6-3;;;;;;;;/h4-6H2,1-3H3;4*1H;;;;. The Morgan fingerprint density at radius 3 is 0.846 bits per heavy atom. The normalized spacial score (nSPS) is 5.54. The molecule has 0 rings (SSSR count). The second-order valence-electron chi connectivity index (χ2n) is 1.62. The fraction of sp³-hybridized carbons (Fsp3) is 1.00. The molecule has 0 unspecified atom stereocenters. The first kappa shape index (κ1) is 44.9. The van der Waals surface area contributed by atoms with Gasteiger partial charge in [0.2, 0.25) is 0 Å². The average molecular weight is 416 g/mol. The molecule has 0 aliphatic carbocycles. The monoisotopic (exact) mass is 415 g/mol. The summed E-state index contributed by atoms with van der Waals surface area (Å²) in [5.41, 5.74) is 0. The Bertz CT molecular complexity index is 46.1. The Balaban J connectivity index is -0.0000000120. The van der Waals surface area contributed by atoms with Gasteiger partial charge in [-0.1, -0.05) is 20.8 Å². The maximum atomic E-state index is 2.38. The number of hydrogen-bond acceptors (Lipinski definition) is 1. The van der Waals surface area contributed by atoms with Gasteiger partial charge in [-0.15, -0.1) is 49.6 Å². The predicted molar refractivity (Wildman–Crippen MR) is 71.0 cm³/mol. The summed E-state index contributed by atoms with van der Waals surface area (Å²) in [5.74, 6) is 0. The number of halogens is 4. The Kier molecular flexibility index (Phi) is 126. The van der Waals surface area contributed by atoms with Crippen molar-refractivity contribution in [2.24, 2.45) is 0 Å². The Morgan fingerprint density at radius 2 is 0.846 bits per heavy atom. The minimum absolute atomic E-state index is 0. The van der Waals surface area contributed by atoms with Gasteiger partial charge in [-0.25, -0.2) is 0 Å². The van der Waals surface area contributed by atoms with E-state index in [1.54, 1.807) is 0 Å². The fourth-order valence-electron chi connectivity index (χ4n) is 0.671. The molecule has 0 saturated carbocycles. The van der Waals surface area contributed by atoms with Gasteiger partial charge in [0, 0.05) is 21.7 Å². The van der Waals surface area contributed by atoms with Crippen LogP contribution in [0, 0.1) is 0 Å². The summed E-state index contributed by atoms with van der Waals surface area (Å²) in [6.45, 7) is 10.1. The molecule has 0 aromatic heterocycles. The molecule has 0 aromatic carbocycles. The fourth-order valence-corrected chi connectivity index (χ4v) is 0.671. The molecule has 0 N–H and O–H groups in total. The SMILES string of the molecule is CCN(CC)CC.Cl.Cl.Cl.Cl.[SnH2].[Ti]. The van der Waals surface area contributed by atoms with Gasteiger partial charge in [0.15, 0.2) is 0 Å². The van der Waals surface area contributed by atoms with Crippen molar-refractivity contribution in [2.45, 2.75) is 20.8 Å². The van der Waals surface area contributed by atoms with E-state index in [4.69, 9.17) is 0 Å². The van der Waals surface area contributed by atoms with Crippen LogP contribution < -0.4 is 0 Å². The molecule has 0 aromatic rings. The molecular formula is C6H21Cl4NSnTi. The molecule has 0 spiro atoms. The van der Waals surface area contributed by atoms with Gasteiger partial charge in [0.25, 0.3) is 0 Å². The van der Waals surface area contributed by atoms with Crippen molar-refractivity contribution >= 4 is 73.5 Å². The van der Waals surface area contributed by atoms with Crippen molar-refractivity contribution in [3.8, 4) is 0 Å². The topological polar surface area (TPSA) is 3.24 Å². The maximum Gasteiger partial charge on any atom is 0 e. The zero-order chi connectivity index (χ0) is 5.70. The third-order valence-electron chi connectivity index (χ3n) is 1.34. The van der Waals surface area contributed by atoms with Crippen LogP contribution in [0.1, 0.15) is 20.8 Å². The molecular weight excluding hydrogens is 394 g/mol. The molecule has 1 nitrogen and oxygen atoms in total. The van der Waals surface area contributed by atoms with Crippen LogP contribution >= 0.6 is 49.6 Å². The van der Waals surface area contributed by atoms with E-state index in [9.17, 15) is 0 Å².